The predicted molar refractivity (Wildman–Crippen MR) is 136 cm³/mol. The number of aryl methyl sites for hydroxylation is 2. The van der Waals surface area contributed by atoms with Gasteiger partial charge < -0.3 is 21.7 Å². The first-order valence-electron chi connectivity index (χ1n) is 11.4. The van der Waals surface area contributed by atoms with Crippen LogP contribution in [0, 0.1) is 25.6 Å². The third-order valence-corrected chi connectivity index (χ3v) is 6.39. The van der Waals surface area contributed by atoms with Crippen LogP contribution >= 0.6 is 0 Å². The summed E-state index contributed by atoms with van der Waals surface area (Å²) in [5, 5.41) is 11.5. The number of H-pyrrole nitrogens is 1. The number of benzene rings is 2. The van der Waals surface area contributed by atoms with Crippen LogP contribution in [0.15, 0.2) is 36.2 Å². The van der Waals surface area contributed by atoms with Gasteiger partial charge in [0.05, 0.1) is 29.4 Å². The molecule has 6 N–H and O–H groups in total. The minimum absolute atomic E-state index is 0.165. The Hall–Kier alpha value is -3.55. The number of halogens is 1. The van der Waals surface area contributed by atoms with Crippen molar-refractivity contribution in [1.29, 1.82) is 0 Å². The van der Waals surface area contributed by atoms with Gasteiger partial charge in [-0.25, -0.2) is 4.39 Å². The van der Waals surface area contributed by atoms with Crippen molar-refractivity contribution in [3.63, 3.8) is 0 Å². The second-order valence-electron chi connectivity index (χ2n) is 9.29. The Morgan fingerprint density at radius 1 is 1.12 bits per heavy atom. The molecule has 2 aromatic carbocycles. The summed E-state index contributed by atoms with van der Waals surface area (Å²) < 4.78 is 14.7. The molecule has 8 heteroatoms. The van der Waals surface area contributed by atoms with E-state index in [1.165, 1.54) is 0 Å². The number of primary amides is 1. The first-order chi connectivity index (χ1) is 15.9. The number of aromatic nitrogens is 2. The highest BCUT2D eigenvalue weighted by atomic mass is 19.1. The molecule has 0 radical (unpaired) electrons. The standard InChI is InChI=1S/C26H35FN6O/c1-13(2)31-22-10-15(4)20(27)11-18(22)17(6)33(7)25(24(28)16(5)26(29)34)23-14(3)8-9-21-19(23)12-30-32-21/h8-13,16-17,31H,28H2,1-7H3,(H2,29,34)(H,30,32)/b25-24+. The van der Waals surface area contributed by atoms with Crippen molar-refractivity contribution in [3.8, 4) is 0 Å². The number of amides is 1. The van der Waals surface area contributed by atoms with Crippen molar-refractivity contribution in [2.45, 2.75) is 53.6 Å². The molecule has 1 heterocycles. The van der Waals surface area contributed by atoms with Crippen molar-refractivity contribution >= 4 is 28.2 Å². The van der Waals surface area contributed by atoms with Crippen LogP contribution in [0.3, 0.4) is 0 Å². The lowest BCUT2D eigenvalue weighted by Gasteiger charge is -2.34. The van der Waals surface area contributed by atoms with Crippen molar-refractivity contribution in [1.82, 2.24) is 15.1 Å². The molecule has 0 aliphatic rings. The third-order valence-electron chi connectivity index (χ3n) is 6.39. The Morgan fingerprint density at radius 2 is 1.79 bits per heavy atom. The quantitative estimate of drug-likeness (QED) is 0.388. The Bertz CT molecular complexity index is 1250. The van der Waals surface area contributed by atoms with E-state index >= 15 is 0 Å². The van der Waals surface area contributed by atoms with Gasteiger partial charge in [-0.3, -0.25) is 9.89 Å². The number of hydrogen-bond acceptors (Lipinski definition) is 5. The lowest BCUT2D eigenvalue weighted by Crippen LogP contribution is -2.31. The molecule has 34 heavy (non-hydrogen) atoms. The van der Waals surface area contributed by atoms with Gasteiger partial charge in [0.15, 0.2) is 0 Å². The minimum Gasteiger partial charge on any atom is -0.400 e. The van der Waals surface area contributed by atoms with E-state index < -0.39 is 11.8 Å². The number of fused-ring (bicyclic) bond motifs is 1. The SMILES string of the molecule is Cc1cc(NC(C)C)c(C(C)N(C)/C(=C(/N)C(C)C(N)=O)c2c(C)ccc3[nH]ncc23)cc1F. The maximum Gasteiger partial charge on any atom is 0.226 e. The maximum atomic E-state index is 14.7. The van der Waals surface area contributed by atoms with Crippen LogP contribution in [0.25, 0.3) is 16.6 Å². The zero-order chi connectivity index (χ0) is 25.3. The van der Waals surface area contributed by atoms with Gasteiger partial charge in [0, 0.05) is 41.0 Å². The average Bonchev–Trinajstić information content (AvgIpc) is 3.24. The van der Waals surface area contributed by atoms with E-state index in [4.69, 9.17) is 11.5 Å². The third kappa shape index (κ3) is 4.71. The highest BCUT2D eigenvalue weighted by Crippen LogP contribution is 2.38. The zero-order valence-electron chi connectivity index (χ0n) is 21.0. The summed E-state index contributed by atoms with van der Waals surface area (Å²) >= 11 is 0. The molecule has 1 amide bonds. The zero-order valence-corrected chi connectivity index (χ0v) is 21.0. The molecule has 0 saturated heterocycles. The molecule has 3 aromatic rings. The summed E-state index contributed by atoms with van der Waals surface area (Å²) in [6.45, 7) is 11.5. The fraction of sp³-hybridized carbons (Fsp3) is 0.385. The largest absolute Gasteiger partial charge is 0.400 e. The van der Waals surface area contributed by atoms with E-state index in [9.17, 15) is 9.18 Å². The summed E-state index contributed by atoms with van der Waals surface area (Å²) in [7, 11) is 1.90. The summed E-state index contributed by atoms with van der Waals surface area (Å²) in [5.74, 6) is -1.49. The first-order valence-corrected chi connectivity index (χ1v) is 11.4. The number of aromatic amines is 1. The number of nitrogens with one attached hydrogen (secondary N) is 2. The van der Waals surface area contributed by atoms with Crippen LogP contribution in [0.4, 0.5) is 10.1 Å². The summed E-state index contributed by atoms with van der Waals surface area (Å²) in [6.07, 6.45) is 1.75. The van der Waals surface area contributed by atoms with Gasteiger partial charge >= 0.3 is 0 Å². The highest BCUT2D eigenvalue weighted by molar-refractivity contribution is 5.94. The molecule has 2 unspecified atom stereocenters. The number of carbonyl (C=O) groups excluding carboxylic acids is 1. The van der Waals surface area contributed by atoms with E-state index in [1.807, 2.05) is 57.8 Å². The van der Waals surface area contributed by atoms with E-state index in [0.717, 1.165) is 33.3 Å². The smallest absolute Gasteiger partial charge is 0.226 e. The topological polar surface area (TPSA) is 113 Å². The lowest BCUT2D eigenvalue weighted by atomic mass is 9.93. The van der Waals surface area contributed by atoms with Gasteiger partial charge in [0.1, 0.15) is 5.82 Å². The normalized spacial score (nSPS) is 14.1. The van der Waals surface area contributed by atoms with Crippen LogP contribution < -0.4 is 16.8 Å². The van der Waals surface area contributed by atoms with Gasteiger partial charge in [-0.2, -0.15) is 5.10 Å². The minimum atomic E-state index is -0.700. The fourth-order valence-corrected chi connectivity index (χ4v) is 4.20. The van der Waals surface area contributed by atoms with E-state index in [0.29, 0.717) is 17.0 Å². The highest BCUT2D eigenvalue weighted by Gasteiger charge is 2.27. The number of carbonyl (C=O) groups is 1. The summed E-state index contributed by atoms with van der Waals surface area (Å²) in [4.78, 5) is 14.1. The van der Waals surface area contributed by atoms with E-state index in [-0.39, 0.29) is 17.9 Å². The first kappa shape index (κ1) is 25.1. The number of hydrogen-bond donors (Lipinski definition) is 4. The molecule has 2 atom stereocenters. The Morgan fingerprint density at radius 3 is 2.41 bits per heavy atom. The molecular weight excluding hydrogens is 431 g/mol. The van der Waals surface area contributed by atoms with Crippen LogP contribution in [0.2, 0.25) is 0 Å². The van der Waals surface area contributed by atoms with E-state index in [2.05, 4.69) is 15.5 Å². The van der Waals surface area contributed by atoms with Crippen LogP contribution in [-0.4, -0.2) is 34.1 Å². The summed E-state index contributed by atoms with van der Waals surface area (Å²) in [6, 6.07) is 7.21. The molecule has 1 aromatic heterocycles. The fourth-order valence-electron chi connectivity index (χ4n) is 4.20. The summed E-state index contributed by atoms with van der Waals surface area (Å²) in [5.41, 5.74) is 18.2. The molecule has 0 bridgehead atoms. The molecule has 7 nitrogen and oxygen atoms in total. The second-order valence-corrected chi connectivity index (χ2v) is 9.29. The number of nitrogens with two attached hydrogens (primary N) is 2. The Kier molecular flexibility index (Phi) is 7.19. The molecule has 3 rings (SSSR count). The second kappa shape index (κ2) is 9.75. The lowest BCUT2D eigenvalue weighted by molar-refractivity contribution is -0.120. The predicted octanol–water partition coefficient (Wildman–Crippen LogP) is 4.58. The number of anilines is 1. The average molecular weight is 467 g/mol. The number of rotatable bonds is 8. The molecular formula is C26H35FN6O. The molecule has 182 valence electrons. The molecule has 0 aliphatic heterocycles. The van der Waals surface area contributed by atoms with Crippen LogP contribution in [0.1, 0.15) is 56.0 Å². The van der Waals surface area contributed by atoms with Crippen molar-refractivity contribution in [2.24, 2.45) is 17.4 Å². The van der Waals surface area contributed by atoms with Gasteiger partial charge in [0.25, 0.3) is 0 Å². The molecule has 0 saturated carbocycles. The molecule has 0 spiro atoms. The van der Waals surface area contributed by atoms with Crippen LogP contribution in [-0.2, 0) is 4.79 Å². The van der Waals surface area contributed by atoms with Crippen molar-refractivity contribution < 1.29 is 9.18 Å². The van der Waals surface area contributed by atoms with Gasteiger partial charge in [0.2, 0.25) is 5.91 Å². The Balaban J connectivity index is 2.25. The van der Waals surface area contributed by atoms with Crippen LogP contribution in [0.5, 0.6) is 0 Å². The molecule has 0 aliphatic carbocycles. The van der Waals surface area contributed by atoms with E-state index in [1.54, 1.807) is 26.1 Å². The van der Waals surface area contributed by atoms with Gasteiger partial charge in [-0.05, 0) is 70.9 Å². The van der Waals surface area contributed by atoms with Crippen molar-refractivity contribution in [3.05, 3.63) is 64.2 Å². The van der Waals surface area contributed by atoms with Crippen molar-refractivity contribution in [2.75, 3.05) is 12.4 Å². The maximum absolute atomic E-state index is 14.7. The monoisotopic (exact) mass is 466 g/mol. The number of nitrogens with zero attached hydrogens (tertiary/aromatic N) is 2. The Labute approximate surface area is 200 Å². The van der Waals surface area contributed by atoms with Gasteiger partial charge in [-0.1, -0.05) is 6.07 Å². The molecule has 0 fully saturated rings. The van der Waals surface area contributed by atoms with Gasteiger partial charge in [-0.15, -0.1) is 0 Å².